The average Bonchev–Trinajstić information content (AvgIpc) is 3.20. The van der Waals surface area contributed by atoms with Crippen molar-refractivity contribution in [2.75, 3.05) is 14.2 Å². The zero-order valence-electron chi connectivity index (χ0n) is 18.3. The van der Waals surface area contributed by atoms with Crippen molar-refractivity contribution in [3.8, 4) is 17.2 Å². The molecule has 0 unspecified atom stereocenters. The first-order valence-corrected chi connectivity index (χ1v) is 10.1. The third-order valence-corrected chi connectivity index (χ3v) is 4.99. The number of hydrogen-bond acceptors (Lipinski definition) is 6. The maximum absolute atomic E-state index is 12.5. The smallest absolute Gasteiger partial charge is 0.343 e. The summed E-state index contributed by atoms with van der Waals surface area (Å²) in [4.78, 5) is 28.9. The fourth-order valence-electron chi connectivity index (χ4n) is 3.26. The van der Waals surface area contributed by atoms with Gasteiger partial charge in [0.25, 0.3) is 0 Å². The number of amides is 1. The standard InChI is InChI=1S/C26H21NO6/c1-16-7-4-5-10-20(16)26(29)33-21-12-11-17(13-22(21)31-3)14-23-24(28)27-25(32-23)18-8-6-9-19(15-18)30-2/h4-15H,1-3H3/b23-14+. The molecule has 3 aromatic carbocycles. The van der Waals surface area contributed by atoms with Gasteiger partial charge in [0.15, 0.2) is 17.3 Å². The SMILES string of the molecule is COc1cccc(C2=NC(=O)/C(=C\c3ccc(OC(=O)c4ccccc4C)c(OC)c3)O2)c1. The zero-order chi connectivity index (χ0) is 23.4. The van der Waals surface area contributed by atoms with Crippen LogP contribution in [0.15, 0.2) is 77.5 Å². The minimum Gasteiger partial charge on any atom is -0.497 e. The summed E-state index contributed by atoms with van der Waals surface area (Å²) in [7, 11) is 3.03. The highest BCUT2D eigenvalue weighted by molar-refractivity contribution is 6.14. The van der Waals surface area contributed by atoms with Gasteiger partial charge in [0.2, 0.25) is 5.90 Å². The predicted molar refractivity (Wildman–Crippen MR) is 123 cm³/mol. The molecule has 3 aromatic rings. The summed E-state index contributed by atoms with van der Waals surface area (Å²) in [6, 6.07) is 19.2. The molecule has 7 nitrogen and oxygen atoms in total. The molecule has 0 aromatic heterocycles. The molecule has 0 fully saturated rings. The van der Waals surface area contributed by atoms with E-state index in [1.807, 2.05) is 19.1 Å². The first-order valence-electron chi connectivity index (χ1n) is 10.1. The van der Waals surface area contributed by atoms with Crippen molar-refractivity contribution in [1.82, 2.24) is 0 Å². The fraction of sp³-hybridized carbons (Fsp3) is 0.115. The third kappa shape index (κ3) is 4.77. The zero-order valence-corrected chi connectivity index (χ0v) is 18.3. The number of benzene rings is 3. The largest absolute Gasteiger partial charge is 0.497 e. The Hall–Kier alpha value is -4.39. The normalized spacial score (nSPS) is 14.0. The Morgan fingerprint density at radius 3 is 2.52 bits per heavy atom. The van der Waals surface area contributed by atoms with Gasteiger partial charge in [0.05, 0.1) is 19.8 Å². The summed E-state index contributed by atoms with van der Waals surface area (Å²) in [5.74, 6) is 0.514. The minimum absolute atomic E-state index is 0.0690. The summed E-state index contributed by atoms with van der Waals surface area (Å²) in [5.41, 5.74) is 2.53. The van der Waals surface area contributed by atoms with Crippen LogP contribution in [-0.4, -0.2) is 32.0 Å². The van der Waals surface area contributed by atoms with Gasteiger partial charge in [-0.15, -0.1) is 0 Å². The van der Waals surface area contributed by atoms with Gasteiger partial charge in [-0.3, -0.25) is 4.79 Å². The maximum atomic E-state index is 12.5. The van der Waals surface area contributed by atoms with Gasteiger partial charge >= 0.3 is 11.9 Å². The first kappa shape index (κ1) is 21.8. The monoisotopic (exact) mass is 443 g/mol. The maximum Gasteiger partial charge on any atom is 0.343 e. The highest BCUT2D eigenvalue weighted by Gasteiger charge is 2.24. The third-order valence-electron chi connectivity index (χ3n) is 4.99. The van der Waals surface area contributed by atoms with E-state index in [0.29, 0.717) is 28.2 Å². The van der Waals surface area contributed by atoms with E-state index in [0.717, 1.165) is 5.56 Å². The molecule has 1 aliphatic heterocycles. The van der Waals surface area contributed by atoms with Crippen LogP contribution in [0.25, 0.3) is 6.08 Å². The molecular formula is C26H21NO6. The Labute approximate surface area is 190 Å². The van der Waals surface area contributed by atoms with Gasteiger partial charge in [-0.2, -0.15) is 4.99 Å². The fourth-order valence-corrected chi connectivity index (χ4v) is 3.26. The van der Waals surface area contributed by atoms with E-state index in [4.69, 9.17) is 18.9 Å². The van der Waals surface area contributed by atoms with Crippen LogP contribution in [0.5, 0.6) is 17.2 Å². The highest BCUT2D eigenvalue weighted by atomic mass is 16.6. The van der Waals surface area contributed by atoms with Crippen molar-refractivity contribution in [2.24, 2.45) is 4.99 Å². The topological polar surface area (TPSA) is 83.4 Å². The molecular weight excluding hydrogens is 422 g/mol. The molecule has 0 bridgehead atoms. The molecule has 0 saturated heterocycles. The van der Waals surface area contributed by atoms with Crippen LogP contribution in [0.1, 0.15) is 27.0 Å². The van der Waals surface area contributed by atoms with Crippen LogP contribution >= 0.6 is 0 Å². The Bertz CT molecular complexity index is 1290. The number of ether oxygens (including phenoxy) is 4. The van der Waals surface area contributed by atoms with Gasteiger partial charge in [-0.1, -0.05) is 30.3 Å². The molecule has 166 valence electrons. The molecule has 0 atom stereocenters. The summed E-state index contributed by atoms with van der Waals surface area (Å²) in [5, 5.41) is 0. The summed E-state index contributed by atoms with van der Waals surface area (Å²) < 4.78 is 21.8. The lowest BCUT2D eigenvalue weighted by Gasteiger charge is -2.11. The van der Waals surface area contributed by atoms with Gasteiger partial charge in [-0.05, 0) is 60.5 Å². The molecule has 0 saturated carbocycles. The molecule has 1 heterocycles. The molecule has 0 spiro atoms. The second-order valence-electron chi connectivity index (χ2n) is 7.18. The summed E-state index contributed by atoms with van der Waals surface area (Å²) in [6.07, 6.45) is 1.55. The number of methoxy groups -OCH3 is 2. The molecule has 0 radical (unpaired) electrons. The van der Waals surface area contributed by atoms with Gasteiger partial charge in [0, 0.05) is 5.56 Å². The van der Waals surface area contributed by atoms with Crippen molar-refractivity contribution >= 4 is 23.9 Å². The van der Waals surface area contributed by atoms with E-state index in [1.54, 1.807) is 67.8 Å². The Morgan fingerprint density at radius 1 is 0.939 bits per heavy atom. The second-order valence-corrected chi connectivity index (χ2v) is 7.18. The first-order chi connectivity index (χ1) is 16.0. The van der Waals surface area contributed by atoms with Crippen LogP contribution < -0.4 is 14.2 Å². The number of aryl methyl sites for hydroxylation is 1. The average molecular weight is 443 g/mol. The summed E-state index contributed by atoms with van der Waals surface area (Å²) >= 11 is 0. The molecule has 0 N–H and O–H groups in total. The van der Waals surface area contributed by atoms with Crippen molar-refractivity contribution < 1.29 is 28.5 Å². The summed E-state index contributed by atoms with van der Waals surface area (Å²) in [6.45, 7) is 1.84. The van der Waals surface area contributed by atoms with E-state index in [9.17, 15) is 9.59 Å². The van der Waals surface area contributed by atoms with Gasteiger partial charge < -0.3 is 18.9 Å². The number of carbonyl (C=O) groups excluding carboxylic acids is 2. The second kappa shape index (κ2) is 9.40. The molecule has 1 amide bonds. The molecule has 33 heavy (non-hydrogen) atoms. The highest BCUT2D eigenvalue weighted by Crippen LogP contribution is 2.31. The van der Waals surface area contributed by atoms with Crippen molar-refractivity contribution in [2.45, 2.75) is 6.92 Å². The molecule has 1 aliphatic rings. The number of nitrogens with zero attached hydrogens (tertiary/aromatic N) is 1. The van der Waals surface area contributed by atoms with Crippen LogP contribution in [0, 0.1) is 6.92 Å². The van der Waals surface area contributed by atoms with Crippen molar-refractivity contribution in [3.63, 3.8) is 0 Å². The number of esters is 1. The lowest BCUT2D eigenvalue weighted by Crippen LogP contribution is -2.10. The quantitative estimate of drug-likeness (QED) is 0.315. The lowest BCUT2D eigenvalue weighted by atomic mass is 10.1. The predicted octanol–water partition coefficient (Wildman–Crippen LogP) is 4.58. The number of carbonyl (C=O) groups is 2. The Morgan fingerprint density at radius 2 is 1.76 bits per heavy atom. The van der Waals surface area contributed by atoms with E-state index in [2.05, 4.69) is 4.99 Å². The minimum atomic E-state index is -0.498. The van der Waals surface area contributed by atoms with Crippen LogP contribution in [-0.2, 0) is 9.53 Å². The van der Waals surface area contributed by atoms with Crippen LogP contribution in [0.2, 0.25) is 0 Å². The van der Waals surface area contributed by atoms with Crippen molar-refractivity contribution in [3.05, 3.63) is 94.7 Å². The number of aliphatic imine (C=N–C) groups is 1. The molecule has 4 rings (SSSR count). The van der Waals surface area contributed by atoms with Crippen LogP contribution in [0.3, 0.4) is 0 Å². The Kier molecular flexibility index (Phi) is 6.22. The van der Waals surface area contributed by atoms with E-state index in [1.165, 1.54) is 7.11 Å². The number of hydrogen-bond donors (Lipinski definition) is 0. The Balaban J connectivity index is 1.54. The molecule has 7 heteroatoms. The van der Waals surface area contributed by atoms with Crippen molar-refractivity contribution in [1.29, 1.82) is 0 Å². The van der Waals surface area contributed by atoms with Gasteiger partial charge in [-0.25, -0.2) is 4.79 Å². The van der Waals surface area contributed by atoms with E-state index < -0.39 is 11.9 Å². The van der Waals surface area contributed by atoms with E-state index >= 15 is 0 Å². The van der Waals surface area contributed by atoms with Gasteiger partial charge in [0.1, 0.15) is 5.75 Å². The van der Waals surface area contributed by atoms with Crippen LogP contribution in [0.4, 0.5) is 0 Å². The van der Waals surface area contributed by atoms with E-state index in [-0.39, 0.29) is 17.4 Å². The molecule has 0 aliphatic carbocycles. The number of rotatable bonds is 6. The lowest BCUT2D eigenvalue weighted by molar-refractivity contribution is -0.115.